The van der Waals surface area contributed by atoms with Crippen molar-refractivity contribution in [2.75, 3.05) is 38.2 Å². The predicted molar refractivity (Wildman–Crippen MR) is 144 cm³/mol. The third kappa shape index (κ3) is 4.60. The molecule has 1 aromatic carbocycles. The molecule has 2 atom stereocenters. The number of carbonyl (C=O) groups is 1. The third-order valence-electron chi connectivity index (χ3n) is 7.27. The lowest BCUT2D eigenvalue weighted by Gasteiger charge is -2.26. The monoisotopic (exact) mass is 518 g/mol. The minimum atomic E-state index is -0.00384. The summed E-state index contributed by atoms with van der Waals surface area (Å²) in [6, 6.07) is 10.2. The van der Waals surface area contributed by atoms with Crippen LogP contribution in [0.2, 0.25) is 0 Å². The number of morpholine rings is 1. The molecule has 1 saturated heterocycles. The molecule has 1 aliphatic heterocycles. The van der Waals surface area contributed by atoms with Crippen molar-refractivity contribution in [1.29, 1.82) is 0 Å². The Morgan fingerprint density at radius 3 is 2.70 bits per heavy atom. The van der Waals surface area contributed by atoms with E-state index in [1.165, 1.54) is 11.3 Å². The van der Waals surface area contributed by atoms with Gasteiger partial charge in [-0.15, -0.1) is 11.3 Å². The highest BCUT2D eigenvalue weighted by atomic mass is 32.1. The Bertz CT molecular complexity index is 1410. The Labute approximate surface area is 219 Å². The SMILES string of the molecule is Cn1ccnc1-c1nc(N[C@@H]2CC[C@H](CO)C2)c2c(-c3ccccc3)c(C(=O)N3CCOCC3)sc2n1. The van der Waals surface area contributed by atoms with Crippen molar-refractivity contribution < 1.29 is 14.6 Å². The standard InChI is InChI=1S/C27H30N6O3S/c1-32-10-9-28-25(32)24-30-23(29-19-8-7-17(15-19)16-34)21-20(18-5-3-2-4-6-18)22(37-26(21)31-24)27(35)33-11-13-36-14-12-33/h2-6,9-10,17,19,34H,7-8,11-16H2,1H3,(H,29,30,31)/t17-,19+/m0/s1. The molecule has 0 spiro atoms. The molecule has 0 unspecified atom stereocenters. The molecule has 3 aromatic heterocycles. The Hall–Kier alpha value is -3.34. The van der Waals surface area contributed by atoms with Gasteiger partial charge in [-0.2, -0.15) is 0 Å². The molecular formula is C27H30N6O3S. The number of thiophene rings is 1. The molecule has 0 bridgehead atoms. The van der Waals surface area contributed by atoms with Crippen LogP contribution in [-0.2, 0) is 11.8 Å². The summed E-state index contributed by atoms with van der Waals surface area (Å²) >= 11 is 1.41. The third-order valence-corrected chi connectivity index (χ3v) is 8.34. The van der Waals surface area contributed by atoms with E-state index in [1.54, 1.807) is 6.20 Å². The van der Waals surface area contributed by atoms with E-state index in [4.69, 9.17) is 14.7 Å². The Balaban J connectivity index is 1.55. The summed E-state index contributed by atoms with van der Waals surface area (Å²) in [7, 11) is 1.92. The fourth-order valence-corrected chi connectivity index (χ4v) is 6.46. The number of aliphatic hydroxyl groups is 1. The smallest absolute Gasteiger partial charge is 0.264 e. The fourth-order valence-electron chi connectivity index (χ4n) is 5.29. The van der Waals surface area contributed by atoms with Crippen LogP contribution < -0.4 is 5.32 Å². The Kier molecular flexibility index (Phi) is 6.62. The van der Waals surface area contributed by atoms with Gasteiger partial charge in [-0.25, -0.2) is 15.0 Å². The minimum absolute atomic E-state index is 0.00384. The van der Waals surface area contributed by atoms with Gasteiger partial charge in [0.1, 0.15) is 15.5 Å². The van der Waals surface area contributed by atoms with Gasteiger partial charge in [-0.1, -0.05) is 30.3 Å². The van der Waals surface area contributed by atoms with Crippen LogP contribution in [0.1, 0.15) is 28.9 Å². The molecule has 2 fully saturated rings. The summed E-state index contributed by atoms with van der Waals surface area (Å²) in [5.74, 6) is 2.18. The first-order valence-electron chi connectivity index (χ1n) is 12.7. The van der Waals surface area contributed by atoms with E-state index < -0.39 is 0 Å². The van der Waals surface area contributed by atoms with Crippen LogP contribution in [0.4, 0.5) is 5.82 Å². The minimum Gasteiger partial charge on any atom is -0.396 e. The number of aryl methyl sites for hydroxylation is 1. The number of benzene rings is 1. The Morgan fingerprint density at radius 2 is 2.00 bits per heavy atom. The fraction of sp³-hybridized carbons (Fsp3) is 0.407. The van der Waals surface area contributed by atoms with E-state index in [9.17, 15) is 9.90 Å². The summed E-state index contributed by atoms with van der Waals surface area (Å²) in [5, 5.41) is 14.2. The van der Waals surface area contributed by atoms with E-state index >= 15 is 0 Å². The number of hydrogen-bond acceptors (Lipinski definition) is 8. The molecule has 0 radical (unpaired) electrons. The quantitative estimate of drug-likeness (QED) is 0.400. The van der Waals surface area contributed by atoms with Crippen LogP contribution in [0.25, 0.3) is 33.0 Å². The zero-order chi connectivity index (χ0) is 25.4. The molecule has 1 saturated carbocycles. The number of anilines is 1. The molecule has 2 aliphatic rings. The number of ether oxygens (including phenoxy) is 1. The molecule has 192 valence electrons. The first kappa shape index (κ1) is 24.0. The largest absolute Gasteiger partial charge is 0.396 e. The van der Waals surface area contributed by atoms with Crippen LogP contribution >= 0.6 is 11.3 Å². The van der Waals surface area contributed by atoms with Crippen LogP contribution in [-0.4, -0.2) is 74.4 Å². The molecule has 6 rings (SSSR count). The van der Waals surface area contributed by atoms with Gasteiger partial charge in [-0.3, -0.25) is 4.79 Å². The molecular weight excluding hydrogens is 488 g/mol. The number of carbonyl (C=O) groups excluding carboxylic acids is 1. The molecule has 4 aromatic rings. The topological polar surface area (TPSA) is 105 Å². The number of hydrogen-bond donors (Lipinski definition) is 2. The number of rotatable bonds is 6. The van der Waals surface area contributed by atoms with Crippen LogP contribution in [0.5, 0.6) is 0 Å². The maximum atomic E-state index is 13.8. The van der Waals surface area contributed by atoms with Gasteiger partial charge >= 0.3 is 0 Å². The number of amides is 1. The van der Waals surface area contributed by atoms with Crippen LogP contribution in [0.3, 0.4) is 0 Å². The van der Waals surface area contributed by atoms with Crippen molar-refractivity contribution in [3.05, 3.63) is 47.6 Å². The van der Waals surface area contributed by atoms with Gasteiger partial charge in [0.05, 0.1) is 18.6 Å². The Morgan fingerprint density at radius 1 is 1.19 bits per heavy atom. The molecule has 10 heteroatoms. The molecule has 9 nitrogen and oxygen atoms in total. The number of aliphatic hydroxyl groups excluding tert-OH is 1. The van der Waals surface area contributed by atoms with Crippen molar-refractivity contribution in [2.24, 2.45) is 13.0 Å². The summed E-state index contributed by atoms with van der Waals surface area (Å²) in [6.45, 7) is 2.42. The lowest BCUT2D eigenvalue weighted by atomic mass is 10.0. The van der Waals surface area contributed by atoms with Crippen molar-refractivity contribution in [2.45, 2.75) is 25.3 Å². The highest BCUT2D eigenvalue weighted by Gasteiger charge is 2.30. The summed E-state index contributed by atoms with van der Waals surface area (Å²) < 4.78 is 7.39. The van der Waals surface area contributed by atoms with Gasteiger partial charge in [0, 0.05) is 50.7 Å². The lowest BCUT2D eigenvalue weighted by Crippen LogP contribution is -2.40. The van der Waals surface area contributed by atoms with Crippen LogP contribution in [0, 0.1) is 5.92 Å². The highest BCUT2D eigenvalue weighted by molar-refractivity contribution is 7.21. The number of fused-ring (bicyclic) bond motifs is 1. The molecule has 2 N–H and O–H groups in total. The van der Waals surface area contributed by atoms with Crippen molar-refractivity contribution in [3.8, 4) is 22.8 Å². The predicted octanol–water partition coefficient (Wildman–Crippen LogP) is 3.80. The second kappa shape index (κ2) is 10.2. The first-order valence-corrected chi connectivity index (χ1v) is 13.6. The summed E-state index contributed by atoms with van der Waals surface area (Å²) in [4.78, 5) is 31.5. The molecule has 1 aliphatic carbocycles. The maximum Gasteiger partial charge on any atom is 0.264 e. The van der Waals surface area contributed by atoms with Gasteiger partial charge in [0.2, 0.25) is 0 Å². The van der Waals surface area contributed by atoms with Gasteiger partial charge in [0.15, 0.2) is 11.6 Å². The number of aromatic nitrogens is 4. The van der Waals surface area contributed by atoms with Crippen LogP contribution in [0.15, 0.2) is 42.7 Å². The van der Waals surface area contributed by atoms with E-state index in [1.807, 2.05) is 53.0 Å². The van der Waals surface area contributed by atoms with Crippen molar-refractivity contribution >= 4 is 33.3 Å². The lowest BCUT2D eigenvalue weighted by molar-refractivity contribution is 0.0306. The maximum absolute atomic E-state index is 13.8. The average Bonchev–Trinajstić information content (AvgIpc) is 3.67. The van der Waals surface area contributed by atoms with Gasteiger partial charge < -0.3 is 24.6 Å². The molecule has 1 amide bonds. The molecule has 4 heterocycles. The van der Waals surface area contributed by atoms with Gasteiger partial charge in [-0.05, 0) is 30.7 Å². The van der Waals surface area contributed by atoms with Gasteiger partial charge in [0.25, 0.3) is 5.91 Å². The number of nitrogens with one attached hydrogen (secondary N) is 1. The average molecular weight is 519 g/mol. The second-order valence-corrected chi connectivity index (χ2v) is 10.7. The number of imidazole rings is 1. The normalized spacial score (nSPS) is 20.0. The van der Waals surface area contributed by atoms with E-state index in [-0.39, 0.29) is 18.6 Å². The van der Waals surface area contributed by atoms with E-state index in [0.717, 1.165) is 40.6 Å². The summed E-state index contributed by atoms with van der Waals surface area (Å²) in [6.07, 6.45) is 6.42. The number of nitrogens with zero attached hydrogens (tertiary/aromatic N) is 5. The molecule has 37 heavy (non-hydrogen) atoms. The summed E-state index contributed by atoms with van der Waals surface area (Å²) in [5.41, 5.74) is 1.82. The highest BCUT2D eigenvalue weighted by Crippen LogP contribution is 2.43. The van der Waals surface area contributed by atoms with Crippen molar-refractivity contribution in [1.82, 2.24) is 24.4 Å². The zero-order valence-electron chi connectivity index (χ0n) is 20.8. The van der Waals surface area contributed by atoms with E-state index in [2.05, 4.69) is 10.3 Å². The second-order valence-electron chi connectivity index (χ2n) is 9.72. The first-order chi connectivity index (χ1) is 18.1. The van der Waals surface area contributed by atoms with E-state index in [0.29, 0.717) is 54.6 Å². The zero-order valence-corrected chi connectivity index (χ0v) is 21.6. The van der Waals surface area contributed by atoms with Crippen molar-refractivity contribution in [3.63, 3.8) is 0 Å².